The van der Waals surface area contributed by atoms with E-state index in [9.17, 15) is 4.79 Å². The van der Waals surface area contributed by atoms with Gasteiger partial charge in [0.25, 0.3) is 0 Å². The lowest BCUT2D eigenvalue weighted by Gasteiger charge is -2.22. The third-order valence-corrected chi connectivity index (χ3v) is 11.0. The predicted octanol–water partition coefficient (Wildman–Crippen LogP) is 11.7. The molecule has 0 N–H and O–H groups in total. The van der Waals surface area contributed by atoms with E-state index >= 15 is 0 Å². The molecule has 3 nitrogen and oxygen atoms in total. The molecule has 0 bridgehead atoms. The van der Waals surface area contributed by atoms with Crippen LogP contribution >= 0.6 is 0 Å². The predicted molar refractivity (Wildman–Crippen MR) is 212 cm³/mol. The lowest BCUT2D eigenvalue weighted by molar-refractivity contribution is 0.660. The molecule has 242 valence electrons. The maximum atomic E-state index is 14.1. The molecule has 9 aromatic rings. The fraction of sp³-hybridized carbons (Fsp3) is 0.0625. The van der Waals surface area contributed by atoms with Crippen LogP contribution in [0.4, 0.5) is 0 Å². The topological polar surface area (TPSA) is 26.9 Å². The number of imidazole rings is 1. The summed E-state index contributed by atoms with van der Waals surface area (Å²) in [5, 5.41) is 4.86. The van der Waals surface area contributed by atoms with Crippen molar-refractivity contribution in [2.24, 2.45) is 0 Å². The molecule has 0 aliphatic heterocycles. The van der Waals surface area contributed by atoms with Crippen molar-refractivity contribution in [2.75, 3.05) is 0 Å². The Bertz CT molecular complexity index is 2830. The number of para-hydroxylation sites is 3. The van der Waals surface area contributed by atoms with Crippen LogP contribution in [0.2, 0.25) is 0 Å². The quantitative estimate of drug-likeness (QED) is 0.174. The summed E-state index contributed by atoms with van der Waals surface area (Å²) in [4.78, 5) is 14.1. The molecule has 0 amide bonds. The highest BCUT2D eigenvalue weighted by Crippen LogP contribution is 2.51. The maximum absolute atomic E-state index is 14.1. The van der Waals surface area contributed by atoms with Crippen molar-refractivity contribution >= 4 is 32.6 Å². The summed E-state index contributed by atoms with van der Waals surface area (Å²) in [6.07, 6.45) is 0. The van der Waals surface area contributed by atoms with Crippen LogP contribution in [-0.2, 0) is 5.41 Å². The van der Waals surface area contributed by atoms with Gasteiger partial charge in [0.15, 0.2) is 0 Å². The lowest BCUT2D eigenvalue weighted by atomic mass is 9.81. The van der Waals surface area contributed by atoms with Gasteiger partial charge in [-0.25, -0.2) is 4.79 Å². The fourth-order valence-corrected chi connectivity index (χ4v) is 8.63. The first kappa shape index (κ1) is 29.5. The molecule has 1 aliphatic carbocycles. The Kier molecular flexibility index (Phi) is 6.37. The maximum Gasteiger partial charge on any atom is 0.338 e. The summed E-state index contributed by atoms with van der Waals surface area (Å²) >= 11 is 0. The van der Waals surface area contributed by atoms with E-state index in [0.29, 0.717) is 0 Å². The van der Waals surface area contributed by atoms with Crippen molar-refractivity contribution in [1.82, 2.24) is 9.13 Å². The zero-order chi connectivity index (χ0) is 34.3. The third-order valence-electron chi connectivity index (χ3n) is 11.0. The van der Waals surface area contributed by atoms with Gasteiger partial charge in [0.05, 0.1) is 22.4 Å². The van der Waals surface area contributed by atoms with Crippen LogP contribution in [0.25, 0.3) is 77.3 Å². The normalized spacial score (nSPS) is 13.1. The van der Waals surface area contributed by atoms with Crippen molar-refractivity contribution in [3.63, 3.8) is 0 Å². The van der Waals surface area contributed by atoms with E-state index < -0.39 is 0 Å². The molecular weight excluding hydrogens is 621 g/mol. The van der Waals surface area contributed by atoms with Crippen molar-refractivity contribution in [2.45, 2.75) is 19.3 Å². The Morgan fingerprint density at radius 3 is 1.47 bits per heavy atom. The highest BCUT2D eigenvalue weighted by atomic mass is 16.1. The van der Waals surface area contributed by atoms with E-state index in [-0.39, 0.29) is 11.1 Å². The molecule has 10 rings (SSSR count). The first-order valence-electron chi connectivity index (χ1n) is 17.6. The summed E-state index contributed by atoms with van der Waals surface area (Å²) in [5.41, 5.74) is 13.5. The van der Waals surface area contributed by atoms with Gasteiger partial charge in [-0.1, -0.05) is 141 Å². The van der Waals surface area contributed by atoms with Gasteiger partial charge >= 0.3 is 5.69 Å². The molecule has 0 unspecified atom stereocenters. The Morgan fingerprint density at radius 2 is 0.863 bits per heavy atom. The number of fused-ring (bicyclic) bond motifs is 6. The summed E-state index contributed by atoms with van der Waals surface area (Å²) in [5.74, 6) is 0. The molecule has 0 saturated heterocycles. The first-order chi connectivity index (χ1) is 25.0. The van der Waals surface area contributed by atoms with Gasteiger partial charge in [0.2, 0.25) is 0 Å². The molecule has 3 heteroatoms. The molecule has 8 aromatic carbocycles. The molecular formula is C48H34N2O. The summed E-state index contributed by atoms with van der Waals surface area (Å²) in [6, 6.07) is 59.8. The monoisotopic (exact) mass is 654 g/mol. The van der Waals surface area contributed by atoms with Crippen LogP contribution in [0.1, 0.15) is 25.0 Å². The molecule has 1 heterocycles. The minimum atomic E-state index is -0.0873. The van der Waals surface area contributed by atoms with E-state index in [1.807, 2.05) is 59.2 Å². The number of hydrogen-bond acceptors (Lipinski definition) is 1. The van der Waals surface area contributed by atoms with Gasteiger partial charge in [-0.2, -0.15) is 0 Å². The summed E-state index contributed by atoms with van der Waals surface area (Å²) < 4.78 is 3.61. The zero-order valence-electron chi connectivity index (χ0n) is 28.5. The zero-order valence-corrected chi connectivity index (χ0v) is 28.5. The van der Waals surface area contributed by atoms with E-state index in [0.717, 1.165) is 28.0 Å². The van der Waals surface area contributed by atoms with Crippen LogP contribution in [0, 0.1) is 0 Å². The van der Waals surface area contributed by atoms with Crippen LogP contribution in [0.5, 0.6) is 0 Å². The largest absolute Gasteiger partial charge is 0.338 e. The second-order valence-electron chi connectivity index (χ2n) is 14.1. The smallest absolute Gasteiger partial charge is 0.260 e. The average molecular weight is 655 g/mol. The SMILES string of the molecule is CC1(C)c2ccccc2-c2cc(-c3c4ccccc4c(-c4ccc(-n5c(=O)n(-c6ccccc6)c6ccccc65)cc4)c4ccccc34)ccc21. The highest BCUT2D eigenvalue weighted by molar-refractivity contribution is 6.21. The highest BCUT2D eigenvalue weighted by Gasteiger charge is 2.35. The molecule has 0 fully saturated rings. The van der Waals surface area contributed by atoms with Gasteiger partial charge in [0, 0.05) is 5.41 Å². The van der Waals surface area contributed by atoms with E-state index in [4.69, 9.17) is 0 Å². The van der Waals surface area contributed by atoms with E-state index in [1.54, 1.807) is 4.57 Å². The Balaban J connectivity index is 1.16. The fourth-order valence-electron chi connectivity index (χ4n) is 8.63. The third kappa shape index (κ3) is 4.28. The van der Waals surface area contributed by atoms with Crippen LogP contribution in [0.3, 0.4) is 0 Å². The molecule has 0 spiro atoms. The average Bonchev–Trinajstić information content (AvgIpc) is 3.60. The minimum absolute atomic E-state index is 0.0355. The van der Waals surface area contributed by atoms with E-state index in [2.05, 4.69) is 129 Å². The van der Waals surface area contributed by atoms with Gasteiger partial charge in [-0.05, 0) is 109 Å². The number of rotatable bonds is 4. The summed E-state index contributed by atoms with van der Waals surface area (Å²) in [7, 11) is 0. The second kappa shape index (κ2) is 11.0. The van der Waals surface area contributed by atoms with Crippen molar-refractivity contribution in [1.29, 1.82) is 0 Å². The molecule has 0 atom stereocenters. The van der Waals surface area contributed by atoms with Crippen molar-refractivity contribution < 1.29 is 0 Å². The molecule has 1 aliphatic rings. The van der Waals surface area contributed by atoms with Crippen molar-refractivity contribution in [3.8, 4) is 44.8 Å². The van der Waals surface area contributed by atoms with Crippen LogP contribution in [-0.4, -0.2) is 9.13 Å². The standard InChI is InChI=1S/C48H34N2O/c1-48(2)41-21-11-10-16-35(41)40-30-32(26-29-42(40)48)46-38-19-8-6-17-36(38)45(37-18-7-9-20-39(37)46)31-24-27-34(28-25-31)50-44-23-13-12-22-43(44)49(47(50)51)33-14-4-3-5-15-33/h3-30H,1-2H3. The first-order valence-corrected chi connectivity index (χ1v) is 17.6. The Morgan fingerprint density at radius 1 is 0.412 bits per heavy atom. The van der Waals surface area contributed by atoms with Gasteiger partial charge in [0.1, 0.15) is 0 Å². The molecule has 0 radical (unpaired) electrons. The molecule has 0 saturated carbocycles. The van der Waals surface area contributed by atoms with Gasteiger partial charge in [-0.15, -0.1) is 0 Å². The summed E-state index contributed by atoms with van der Waals surface area (Å²) in [6.45, 7) is 4.67. The Labute approximate surface area is 296 Å². The van der Waals surface area contributed by atoms with Crippen LogP contribution < -0.4 is 5.69 Å². The number of nitrogens with zero attached hydrogens (tertiary/aromatic N) is 2. The lowest BCUT2D eigenvalue weighted by Crippen LogP contribution is -2.22. The van der Waals surface area contributed by atoms with E-state index in [1.165, 1.54) is 60.5 Å². The minimum Gasteiger partial charge on any atom is -0.260 e. The Hall–Kier alpha value is -6.45. The molecule has 51 heavy (non-hydrogen) atoms. The van der Waals surface area contributed by atoms with Crippen LogP contribution in [0.15, 0.2) is 175 Å². The number of benzene rings is 8. The molecule has 1 aromatic heterocycles. The second-order valence-corrected chi connectivity index (χ2v) is 14.1. The van der Waals surface area contributed by atoms with Gasteiger partial charge < -0.3 is 0 Å². The number of hydrogen-bond donors (Lipinski definition) is 0. The number of aromatic nitrogens is 2. The van der Waals surface area contributed by atoms with Crippen molar-refractivity contribution in [3.05, 3.63) is 191 Å². The van der Waals surface area contributed by atoms with Gasteiger partial charge in [-0.3, -0.25) is 9.13 Å².